The smallest absolute Gasteiger partial charge is 0.0636 e. The number of aliphatic hydroxyl groups excluding tert-OH is 1. The van der Waals surface area contributed by atoms with E-state index in [9.17, 15) is 5.11 Å². The third kappa shape index (κ3) is 1.97. The molecule has 1 aliphatic carbocycles. The van der Waals surface area contributed by atoms with Crippen molar-refractivity contribution in [2.45, 2.75) is 31.9 Å². The Balaban J connectivity index is 2.03. The molecule has 1 aliphatic rings. The van der Waals surface area contributed by atoms with Crippen LogP contribution in [0.5, 0.6) is 0 Å². The number of aryl methyl sites for hydroxylation is 1. The van der Waals surface area contributed by atoms with Gasteiger partial charge in [-0.2, -0.15) is 0 Å². The molecular formula is C12H17NO. The summed E-state index contributed by atoms with van der Waals surface area (Å²) in [5, 5.41) is 12.6. The highest BCUT2D eigenvalue weighted by molar-refractivity contribution is 5.34. The Labute approximate surface area is 85.0 Å². The maximum atomic E-state index is 9.20. The molecule has 76 valence electrons. The Morgan fingerprint density at radius 1 is 1.50 bits per heavy atom. The van der Waals surface area contributed by atoms with Crippen LogP contribution >= 0.6 is 0 Å². The first-order chi connectivity index (χ1) is 6.77. The number of hydrogen-bond donors (Lipinski definition) is 2. The first-order valence-corrected chi connectivity index (χ1v) is 5.26. The Hall–Kier alpha value is -0.860. The highest BCUT2D eigenvalue weighted by Gasteiger charge is 2.21. The lowest BCUT2D eigenvalue weighted by Gasteiger charge is -2.15. The van der Waals surface area contributed by atoms with Gasteiger partial charge in [0.25, 0.3) is 0 Å². The summed E-state index contributed by atoms with van der Waals surface area (Å²) >= 11 is 0. The van der Waals surface area contributed by atoms with Crippen molar-refractivity contribution in [2.75, 3.05) is 6.54 Å². The van der Waals surface area contributed by atoms with E-state index in [1.807, 2.05) is 6.92 Å². The van der Waals surface area contributed by atoms with E-state index >= 15 is 0 Å². The number of nitrogens with one attached hydrogen (secondary N) is 1. The molecule has 2 atom stereocenters. The maximum absolute atomic E-state index is 9.20. The van der Waals surface area contributed by atoms with E-state index in [2.05, 4.69) is 29.6 Å². The molecule has 0 amide bonds. The number of rotatable bonds is 3. The molecule has 0 aliphatic heterocycles. The van der Waals surface area contributed by atoms with Gasteiger partial charge in [-0.05, 0) is 30.9 Å². The molecule has 0 radical (unpaired) electrons. The van der Waals surface area contributed by atoms with Gasteiger partial charge in [0.2, 0.25) is 0 Å². The first kappa shape index (κ1) is 9.69. The van der Waals surface area contributed by atoms with Gasteiger partial charge < -0.3 is 10.4 Å². The van der Waals surface area contributed by atoms with Crippen LogP contribution in [-0.2, 0) is 6.42 Å². The van der Waals surface area contributed by atoms with Crippen LogP contribution in [0.25, 0.3) is 0 Å². The summed E-state index contributed by atoms with van der Waals surface area (Å²) < 4.78 is 0. The quantitative estimate of drug-likeness (QED) is 0.761. The summed E-state index contributed by atoms with van der Waals surface area (Å²) in [4.78, 5) is 0. The van der Waals surface area contributed by atoms with Crippen molar-refractivity contribution in [3.63, 3.8) is 0 Å². The third-order valence-electron chi connectivity index (χ3n) is 2.79. The fourth-order valence-electron chi connectivity index (χ4n) is 2.08. The second kappa shape index (κ2) is 4.11. The van der Waals surface area contributed by atoms with Crippen LogP contribution in [0.15, 0.2) is 24.3 Å². The maximum Gasteiger partial charge on any atom is 0.0636 e. The van der Waals surface area contributed by atoms with Crippen molar-refractivity contribution >= 4 is 0 Å². The fourth-order valence-corrected chi connectivity index (χ4v) is 2.08. The highest BCUT2D eigenvalue weighted by atomic mass is 16.3. The Bertz CT molecular complexity index is 309. The van der Waals surface area contributed by atoms with Gasteiger partial charge in [-0.1, -0.05) is 24.3 Å². The normalized spacial score (nSPS) is 22.0. The van der Waals surface area contributed by atoms with Gasteiger partial charge in [0.1, 0.15) is 0 Å². The highest BCUT2D eigenvalue weighted by Crippen LogP contribution is 2.30. The minimum Gasteiger partial charge on any atom is -0.392 e. The molecule has 14 heavy (non-hydrogen) atoms. The lowest BCUT2D eigenvalue weighted by molar-refractivity contribution is 0.186. The second-order valence-corrected chi connectivity index (χ2v) is 4.05. The van der Waals surface area contributed by atoms with Crippen LogP contribution in [-0.4, -0.2) is 17.8 Å². The summed E-state index contributed by atoms with van der Waals surface area (Å²) in [5.41, 5.74) is 2.86. The van der Waals surface area contributed by atoms with E-state index < -0.39 is 0 Å². The van der Waals surface area contributed by atoms with Crippen molar-refractivity contribution in [1.29, 1.82) is 0 Å². The molecule has 0 spiro atoms. The summed E-state index contributed by atoms with van der Waals surface area (Å²) in [6.45, 7) is 2.49. The van der Waals surface area contributed by atoms with Gasteiger partial charge in [0.05, 0.1) is 6.10 Å². The lowest BCUT2D eigenvalue weighted by Crippen LogP contribution is -2.27. The van der Waals surface area contributed by atoms with Gasteiger partial charge >= 0.3 is 0 Å². The average Bonchev–Trinajstić information content (AvgIpc) is 2.58. The van der Waals surface area contributed by atoms with Crippen molar-refractivity contribution in [3.8, 4) is 0 Å². The molecule has 0 heterocycles. The molecule has 0 bridgehead atoms. The molecule has 2 heteroatoms. The fraction of sp³-hybridized carbons (Fsp3) is 0.500. The number of benzene rings is 1. The monoisotopic (exact) mass is 191 g/mol. The van der Waals surface area contributed by atoms with E-state index in [-0.39, 0.29) is 6.10 Å². The predicted octanol–water partition coefficient (Wildman–Crippen LogP) is 1.64. The van der Waals surface area contributed by atoms with Crippen LogP contribution < -0.4 is 5.32 Å². The summed E-state index contributed by atoms with van der Waals surface area (Å²) in [7, 11) is 0. The van der Waals surface area contributed by atoms with E-state index in [1.54, 1.807) is 0 Å². The third-order valence-corrected chi connectivity index (χ3v) is 2.79. The zero-order chi connectivity index (χ0) is 9.97. The van der Waals surface area contributed by atoms with Crippen LogP contribution in [0.4, 0.5) is 0 Å². The van der Waals surface area contributed by atoms with Crippen molar-refractivity contribution in [2.24, 2.45) is 0 Å². The van der Waals surface area contributed by atoms with E-state index in [4.69, 9.17) is 0 Å². The number of hydrogen-bond acceptors (Lipinski definition) is 2. The van der Waals surface area contributed by atoms with Crippen molar-refractivity contribution in [3.05, 3.63) is 35.4 Å². The minimum absolute atomic E-state index is 0.261. The van der Waals surface area contributed by atoms with Crippen LogP contribution in [0.3, 0.4) is 0 Å². The van der Waals surface area contributed by atoms with E-state index in [0.29, 0.717) is 12.6 Å². The molecule has 1 aromatic carbocycles. The summed E-state index contributed by atoms with van der Waals surface area (Å²) in [5.74, 6) is 0. The molecule has 1 aromatic rings. The van der Waals surface area contributed by atoms with Crippen LogP contribution in [0.1, 0.15) is 30.5 Å². The van der Waals surface area contributed by atoms with Gasteiger partial charge in [-0.3, -0.25) is 0 Å². The van der Waals surface area contributed by atoms with Gasteiger partial charge in [-0.15, -0.1) is 0 Å². The van der Waals surface area contributed by atoms with Crippen LogP contribution in [0.2, 0.25) is 0 Å². The molecule has 0 saturated heterocycles. The SMILES string of the molecule is C[C@H](O)CNC1CCc2ccccc21. The number of aliphatic hydroxyl groups is 1. The molecular weight excluding hydrogens is 174 g/mol. The van der Waals surface area contributed by atoms with Gasteiger partial charge in [-0.25, -0.2) is 0 Å². The van der Waals surface area contributed by atoms with E-state index in [0.717, 1.165) is 12.8 Å². The largest absolute Gasteiger partial charge is 0.392 e. The lowest BCUT2D eigenvalue weighted by atomic mass is 10.1. The zero-order valence-electron chi connectivity index (χ0n) is 8.53. The Morgan fingerprint density at radius 3 is 3.07 bits per heavy atom. The number of fused-ring (bicyclic) bond motifs is 1. The predicted molar refractivity (Wildman–Crippen MR) is 57.2 cm³/mol. The van der Waals surface area contributed by atoms with E-state index in [1.165, 1.54) is 11.1 Å². The summed E-state index contributed by atoms with van der Waals surface area (Å²) in [6.07, 6.45) is 2.06. The standard InChI is InChI=1S/C12H17NO/c1-9(14)8-13-12-7-6-10-4-2-3-5-11(10)12/h2-5,9,12-14H,6-8H2,1H3/t9-,12?/m0/s1. The molecule has 2 rings (SSSR count). The van der Waals surface area contributed by atoms with Crippen LogP contribution in [0, 0.1) is 0 Å². The zero-order valence-corrected chi connectivity index (χ0v) is 8.53. The molecule has 0 aromatic heterocycles. The first-order valence-electron chi connectivity index (χ1n) is 5.26. The van der Waals surface area contributed by atoms with Gasteiger partial charge in [0.15, 0.2) is 0 Å². The molecule has 2 N–H and O–H groups in total. The molecule has 0 saturated carbocycles. The van der Waals surface area contributed by atoms with Gasteiger partial charge in [0, 0.05) is 12.6 Å². The molecule has 0 fully saturated rings. The topological polar surface area (TPSA) is 32.3 Å². The summed E-state index contributed by atoms with van der Waals surface area (Å²) in [6, 6.07) is 9.00. The molecule has 2 nitrogen and oxygen atoms in total. The Morgan fingerprint density at radius 2 is 2.29 bits per heavy atom. The molecule has 1 unspecified atom stereocenters. The average molecular weight is 191 g/mol. The second-order valence-electron chi connectivity index (χ2n) is 4.05. The van der Waals surface area contributed by atoms with Crippen molar-refractivity contribution < 1.29 is 5.11 Å². The Kier molecular flexibility index (Phi) is 2.85. The van der Waals surface area contributed by atoms with Crippen molar-refractivity contribution in [1.82, 2.24) is 5.32 Å². The minimum atomic E-state index is -0.261.